The zero-order chi connectivity index (χ0) is 22.3. The van der Waals surface area contributed by atoms with Crippen molar-refractivity contribution in [1.29, 1.82) is 0 Å². The maximum atomic E-state index is 12.3. The van der Waals surface area contributed by atoms with Crippen LogP contribution in [0.5, 0.6) is 0 Å². The normalized spacial score (nSPS) is 11.8. The molecule has 6 nitrogen and oxygen atoms in total. The number of hydrogen-bond donors (Lipinski definition) is 1. The van der Waals surface area contributed by atoms with Gasteiger partial charge in [0.2, 0.25) is 0 Å². The Hall–Kier alpha value is -3.79. The molecule has 0 saturated heterocycles. The van der Waals surface area contributed by atoms with E-state index in [0.29, 0.717) is 16.8 Å². The monoisotopic (exact) mass is 453 g/mol. The quantitative estimate of drug-likeness (QED) is 0.417. The lowest BCUT2D eigenvalue weighted by Gasteiger charge is -2.06. The van der Waals surface area contributed by atoms with E-state index in [1.807, 2.05) is 35.8 Å². The molecule has 4 heterocycles. The molecule has 4 aromatic heterocycles. The summed E-state index contributed by atoms with van der Waals surface area (Å²) in [7, 11) is 0. The molecule has 10 heteroatoms. The van der Waals surface area contributed by atoms with Gasteiger partial charge in [-0.2, -0.15) is 18.3 Å². The second-order valence-electron chi connectivity index (χ2n) is 7.07. The molecule has 0 atom stereocenters. The minimum absolute atomic E-state index is 0.182. The summed E-state index contributed by atoms with van der Waals surface area (Å²) < 4.78 is 38.7. The first-order valence-corrected chi connectivity index (χ1v) is 10.4. The number of hydrogen-bond acceptors (Lipinski definition) is 5. The van der Waals surface area contributed by atoms with Crippen molar-refractivity contribution in [2.45, 2.75) is 6.18 Å². The number of alkyl halides is 3. The first kappa shape index (κ1) is 20.1. The van der Waals surface area contributed by atoms with Crippen molar-refractivity contribution >= 4 is 33.7 Å². The number of rotatable bonds is 4. The Morgan fingerprint density at radius 2 is 1.91 bits per heavy atom. The van der Waals surface area contributed by atoms with Crippen LogP contribution in [0, 0.1) is 0 Å². The minimum Gasteiger partial charge on any atom is -0.342 e. The van der Waals surface area contributed by atoms with Crippen LogP contribution in [0.3, 0.4) is 0 Å². The lowest BCUT2D eigenvalue weighted by atomic mass is 10.0. The van der Waals surface area contributed by atoms with Crippen LogP contribution in [0.4, 0.5) is 13.2 Å². The van der Waals surface area contributed by atoms with Gasteiger partial charge in [-0.3, -0.25) is 9.78 Å². The Morgan fingerprint density at radius 1 is 1.06 bits per heavy atom. The average Bonchev–Trinajstić information content (AvgIpc) is 3.43. The van der Waals surface area contributed by atoms with E-state index < -0.39 is 18.6 Å². The molecule has 0 aliphatic heterocycles. The van der Waals surface area contributed by atoms with Gasteiger partial charge >= 0.3 is 6.18 Å². The van der Waals surface area contributed by atoms with Crippen molar-refractivity contribution in [2.75, 3.05) is 6.54 Å². The smallest absolute Gasteiger partial charge is 0.342 e. The second kappa shape index (κ2) is 7.72. The predicted molar refractivity (Wildman–Crippen MR) is 115 cm³/mol. The molecule has 0 saturated carbocycles. The molecule has 5 aromatic rings. The number of nitrogens with one attached hydrogen (secondary N) is 1. The average molecular weight is 453 g/mol. The summed E-state index contributed by atoms with van der Waals surface area (Å²) >= 11 is 1.06. The molecule has 0 aliphatic rings. The largest absolute Gasteiger partial charge is 0.405 e. The maximum Gasteiger partial charge on any atom is 0.405 e. The van der Waals surface area contributed by atoms with Crippen LogP contribution >= 0.6 is 11.3 Å². The predicted octanol–water partition coefficient (Wildman–Crippen LogP) is 4.97. The van der Waals surface area contributed by atoms with E-state index in [1.54, 1.807) is 34.7 Å². The molecule has 5 rings (SSSR count). The highest BCUT2D eigenvalue weighted by atomic mass is 32.1. The van der Waals surface area contributed by atoms with Crippen molar-refractivity contribution in [3.05, 3.63) is 71.6 Å². The fourth-order valence-corrected chi connectivity index (χ4v) is 4.25. The molecule has 0 fully saturated rings. The van der Waals surface area contributed by atoms with Gasteiger partial charge in [-0.1, -0.05) is 24.3 Å². The molecule has 0 radical (unpaired) electrons. The molecule has 1 amide bonds. The topological polar surface area (TPSA) is 72.2 Å². The molecule has 0 aliphatic carbocycles. The molecule has 0 spiro atoms. The van der Waals surface area contributed by atoms with Gasteiger partial charge in [0.1, 0.15) is 6.54 Å². The van der Waals surface area contributed by atoms with E-state index in [2.05, 4.69) is 15.1 Å². The number of nitrogens with zero attached hydrogens (tertiary/aromatic N) is 4. The number of carbonyl (C=O) groups is 1. The Bertz CT molecular complexity index is 1450. The number of thiophene rings is 1. The molecule has 32 heavy (non-hydrogen) atoms. The van der Waals surface area contributed by atoms with E-state index in [1.165, 1.54) is 6.07 Å². The highest BCUT2D eigenvalue weighted by Gasteiger charge is 2.28. The van der Waals surface area contributed by atoms with E-state index in [-0.39, 0.29) is 4.88 Å². The molecular formula is C22H14F3N5OS. The van der Waals surface area contributed by atoms with Gasteiger partial charge in [-0.15, -0.1) is 11.3 Å². The van der Waals surface area contributed by atoms with Crippen molar-refractivity contribution < 1.29 is 18.0 Å². The van der Waals surface area contributed by atoms with Crippen LogP contribution in [0.1, 0.15) is 9.67 Å². The zero-order valence-electron chi connectivity index (χ0n) is 16.3. The maximum absolute atomic E-state index is 12.3. The van der Waals surface area contributed by atoms with Gasteiger partial charge in [0.05, 0.1) is 11.1 Å². The van der Waals surface area contributed by atoms with E-state index in [4.69, 9.17) is 0 Å². The van der Waals surface area contributed by atoms with Crippen LogP contribution in [0.15, 0.2) is 66.7 Å². The fourth-order valence-electron chi connectivity index (χ4n) is 3.43. The number of fused-ring (bicyclic) bond motifs is 2. The number of halogens is 3. The van der Waals surface area contributed by atoms with Crippen molar-refractivity contribution in [1.82, 2.24) is 24.9 Å². The fraction of sp³-hybridized carbons (Fsp3) is 0.0909. The van der Waals surface area contributed by atoms with Gasteiger partial charge in [0.15, 0.2) is 5.65 Å². The number of pyridine rings is 1. The minimum atomic E-state index is -4.46. The van der Waals surface area contributed by atoms with Gasteiger partial charge in [-0.05, 0) is 22.4 Å². The van der Waals surface area contributed by atoms with Crippen molar-refractivity contribution in [3.8, 4) is 22.3 Å². The molecule has 160 valence electrons. The Morgan fingerprint density at radius 3 is 2.75 bits per heavy atom. The standard InChI is InChI=1S/C22H14F3N5OS/c23-22(24,25)12-28-21(31)19-5-14(11-32-19)18-9-29-30-10-15(7-27-20(18)30)17-8-26-6-13-3-1-2-4-16(13)17/h1-11H,12H2,(H,28,31). The summed E-state index contributed by atoms with van der Waals surface area (Å²) in [6.07, 6.45) is 4.31. The van der Waals surface area contributed by atoms with Crippen LogP contribution in [0.25, 0.3) is 38.7 Å². The first-order chi connectivity index (χ1) is 15.4. The van der Waals surface area contributed by atoms with E-state index in [0.717, 1.165) is 33.2 Å². The van der Waals surface area contributed by atoms with Crippen molar-refractivity contribution in [3.63, 3.8) is 0 Å². The number of benzene rings is 1. The lowest BCUT2D eigenvalue weighted by molar-refractivity contribution is -0.123. The van der Waals surface area contributed by atoms with Crippen molar-refractivity contribution in [2.24, 2.45) is 0 Å². The number of amides is 1. The van der Waals surface area contributed by atoms with Gasteiger partial charge in [0.25, 0.3) is 5.91 Å². The summed E-state index contributed by atoms with van der Waals surface area (Å²) in [6, 6.07) is 9.46. The first-order valence-electron chi connectivity index (χ1n) is 9.49. The summed E-state index contributed by atoms with van der Waals surface area (Å²) in [5, 5.41) is 10.0. The highest BCUT2D eigenvalue weighted by Crippen LogP contribution is 2.31. The summed E-state index contributed by atoms with van der Waals surface area (Å²) in [6.45, 7) is -1.37. The molecule has 0 unspecified atom stereocenters. The number of aromatic nitrogens is 4. The third-order valence-corrected chi connectivity index (χ3v) is 5.85. The lowest BCUT2D eigenvalue weighted by Crippen LogP contribution is -2.33. The molecule has 1 aromatic carbocycles. The summed E-state index contributed by atoms with van der Waals surface area (Å²) in [5.41, 5.74) is 3.68. The van der Waals surface area contributed by atoms with E-state index in [9.17, 15) is 18.0 Å². The third kappa shape index (κ3) is 3.80. The third-order valence-electron chi connectivity index (χ3n) is 4.92. The number of carbonyl (C=O) groups excluding carboxylic acids is 1. The van der Waals surface area contributed by atoms with Gasteiger partial charge in [0, 0.05) is 46.9 Å². The van der Waals surface area contributed by atoms with Crippen LogP contribution < -0.4 is 5.32 Å². The van der Waals surface area contributed by atoms with Gasteiger partial charge in [-0.25, -0.2) is 9.50 Å². The Labute approximate surface area is 183 Å². The molecule has 0 bridgehead atoms. The zero-order valence-corrected chi connectivity index (χ0v) is 17.1. The summed E-state index contributed by atoms with van der Waals surface area (Å²) in [5.74, 6) is -0.770. The summed E-state index contributed by atoms with van der Waals surface area (Å²) in [4.78, 5) is 21.0. The van der Waals surface area contributed by atoms with Crippen LogP contribution in [0.2, 0.25) is 0 Å². The highest BCUT2D eigenvalue weighted by molar-refractivity contribution is 7.12. The molecular weight excluding hydrogens is 439 g/mol. The van der Waals surface area contributed by atoms with Crippen LogP contribution in [-0.4, -0.2) is 38.2 Å². The SMILES string of the molecule is O=C(NCC(F)(F)F)c1cc(-c2cnn3cc(-c4cncc5ccccc45)cnc23)cs1. The second-order valence-corrected chi connectivity index (χ2v) is 7.99. The van der Waals surface area contributed by atoms with Gasteiger partial charge < -0.3 is 5.32 Å². The van der Waals surface area contributed by atoms with E-state index >= 15 is 0 Å². The molecule has 1 N–H and O–H groups in total. The Balaban J connectivity index is 1.46. The Kier molecular flexibility index (Phi) is 4.86. The van der Waals surface area contributed by atoms with Crippen LogP contribution in [-0.2, 0) is 0 Å².